The van der Waals surface area contributed by atoms with Crippen molar-refractivity contribution in [1.82, 2.24) is 0 Å². The van der Waals surface area contributed by atoms with Crippen LogP contribution in [0.15, 0.2) is 40.9 Å². The number of hydrogen-bond donors (Lipinski definition) is 2. The molecule has 2 rings (SSSR count). The summed E-state index contributed by atoms with van der Waals surface area (Å²) in [7, 11) is 0. The maximum Gasteiger partial charge on any atom is 0.262 e. The van der Waals surface area contributed by atoms with Gasteiger partial charge in [-0.25, -0.2) is 4.39 Å². The average molecular weight is 345 g/mol. The minimum atomic E-state index is -0.802. The highest BCUT2D eigenvalue weighted by Crippen LogP contribution is 2.27. The fourth-order valence-electron chi connectivity index (χ4n) is 1.52. The third kappa shape index (κ3) is 3.05. The zero-order valence-electron chi connectivity index (χ0n) is 9.45. The largest absolute Gasteiger partial charge is 0.507 e. The SMILES string of the molecule is O=C(Nc1cc(Br)ccc1Cl)c1c(O)cccc1F. The van der Waals surface area contributed by atoms with E-state index in [2.05, 4.69) is 21.2 Å². The molecular weight excluding hydrogens is 337 g/mol. The second-order valence-corrected chi connectivity index (χ2v) is 5.04. The summed E-state index contributed by atoms with van der Waals surface area (Å²) in [5.41, 5.74) is -0.0952. The smallest absolute Gasteiger partial charge is 0.262 e. The first kappa shape index (κ1) is 13.8. The Morgan fingerprint density at radius 1 is 1.32 bits per heavy atom. The first-order valence-electron chi connectivity index (χ1n) is 5.23. The maximum atomic E-state index is 13.5. The number of benzene rings is 2. The van der Waals surface area contributed by atoms with Crippen molar-refractivity contribution in [3.8, 4) is 5.75 Å². The van der Waals surface area contributed by atoms with Crippen LogP contribution in [0.3, 0.4) is 0 Å². The van der Waals surface area contributed by atoms with Gasteiger partial charge < -0.3 is 10.4 Å². The van der Waals surface area contributed by atoms with E-state index in [1.807, 2.05) is 0 Å². The molecule has 0 spiro atoms. The standard InChI is InChI=1S/C13H8BrClFNO2/c14-7-4-5-8(15)10(6-7)17-13(19)12-9(16)2-1-3-11(12)18/h1-6,18H,(H,17,19). The van der Waals surface area contributed by atoms with Gasteiger partial charge in [0.05, 0.1) is 10.7 Å². The van der Waals surface area contributed by atoms with Crippen molar-refractivity contribution in [1.29, 1.82) is 0 Å². The molecule has 6 heteroatoms. The molecule has 3 nitrogen and oxygen atoms in total. The first-order chi connectivity index (χ1) is 8.99. The number of hydrogen-bond acceptors (Lipinski definition) is 2. The van der Waals surface area contributed by atoms with E-state index in [1.54, 1.807) is 18.2 Å². The van der Waals surface area contributed by atoms with Crippen LogP contribution in [0, 0.1) is 5.82 Å². The van der Waals surface area contributed by atoms with E-state index in [-0.39, 0.29) is 0 Å². The summed E-state index contributed by atoms with van der Waals surface area (Å²) in [5.74, 6) is -2.00. The van der Waals surface area contributed by atoms with E-state index >= 15 is 0 Å². The van der Waals surface area contributed by atoms with E-state index in [0.29, 0.717) is 15.2 Å². The lowest BCUT2D eigenvalue weighted by atomic mass is 10.1. The van der Waals surface area contributed by atoms with Gasteiger partial charge in [0.1, 0.15) is 17.1 Å². The molecule has 0 atom stereocenters. The summed E-state index contributed by atoms with van der Waals surface area (Å²) >= 11 is 9.15. The summed E-state index contributed by atoms with van der Waals surface area (Å²) in [5, 5.41) is 12.3. The molecule has 0 unspecified atom stereocenters. The summed E-state index contributed by atoms with van der Waals surface area (Å²) in [4.78, 5) is 11.9. The molecular formula is C13H8BrClFNO2. The highest BCUT2D eigenvalue weighted by Gasteiger charge is 2.17. The summed E-state index contributed by atoms with van der Waals surface area (Å²) in [6.45, 7) is 0. The van der Waals surface area contributed by atoms with Gasteiger partial charge in [0.25, 0.3) is 5.91 Å². The molecule has 1 amide bonds. The van der Waals surface area contributed by atoms with Crippen LogP contribution in [-0.4, -0.2) is 11.0 Å². The lowest BCUT2D eigenvalue weighted by Gasteiger charge is -2.09. The van der Waals surface area contributed by atoms with Gasteiger partial charge >= 0.3 is 0 Å². The molecule has 0 heterocycles. The summed E-state index contributed by atoms with van der Waals surface area (Å²) in [6, 6.07) is 8.52. The number of amides is 1. The molecule has 0 saturated heterocycles. The van der Waals surface area contributed by atoms with Gasteiger partial charge in [-0.1, -0.05) is 33.6 Å². The van der Waals surface area contributed by atoms with E-state index < -0.39 is 23.0 Å². The quantitative estimate of drug-likeness (QED) is 0.858. The number of phenols is 1. The van der Waals surface area contributed by atoms with Crippen LogP contribution in [0.1, 0.15) is 10.4 Å². The Bertz CT molecular complexity index is 628. The van der Waals surface area contributed by atoms with Crippen molar-refractivity contribution < 1.29 is 14.3 Å². The molecule has 98 valence electrons. The Morgan fingerprint density at radius 3 is 2.74 bits per heavy atom. The first-order valence-corrected chi connectivity index (χ1v) is 6.40. The van der Waals surface area contributed by atoms with Gasteiger partial charge in [-0.2, -0.15) is 0 Å². The van der Waals surface area contributed by atoms with Crippen molar-refractivity contribution in [2.75, 3.05) is 5.32 Å². The van der Waals surface area contributed by atoms with Crippen molar-refractivity contribution in [3.63, 3.8) is 0 Å². The summed E-state index contributed by atoms with van der Waals surface area (Å²) < 4.78 is 14.2. The van der Waals surface area contributed by atoms with Crippen LogP contribution in [0.25, 0.3) is 0 Å². The Morgan fingerprint density at radius 2 is 2.05 bits per heavy atom. The molecule has 0 aliphatic carbocycles. The van der Waals surface area contributed by atoms with Crippen LogP contribution in [0.2, 0.25) is 5.02 Å². The van der Waals surface area contributed by atoms with Crippen LogP contribution in [0.4, 0.5) is 10.1 Å². The van der Waals surface area contributed by atoms with Crippen molar-refractivity contribution in [3.05, 3.63) is 57.3 Å². The monoisotopic (exact) mass is 343 g/mol. The number of rotatable bonds is 2. The fraction of sp³-hybridized carbons (Fsp3) is 0. The number of aromatic hydroxyl groups is 1. The third-order valence-corrected chi connectivity index (χ3v) is 3.22. The fourth-order valence-corrected chi connectivity index (χ4v) is 2.04. The number of carbonyl (C=O) groups is 1. The van der Waals surface area contributed by atoms with Crippen LogP contribution >= 0.6 is 27.5 Å². The van der Waals surface area contributed by atoms with Gasteiger partial charge in [0.2, 0.25) is 0 Å². The van der Waals surface area contributed by atoms with Gasteiger partial charge in [-0.3, -0.25) is 4.79 Å². The molecule has 2 aromatic carbocycles. The predicted octanol–water partition coefficient (Wildman–Crippen LogP) is 4.20. The molecule has 0 aliphatic rings. The van der Waals surface area contributed by atoms with Gasteiger partial charge in [0.15, 0.2) is 0 Å². The van der Waals surface area contributed by atoms with E-state index in [1.165, 1.54) is 12.1 Å². The van der Waals surface area contributed by atoms with Gasteiger partial charge in [-0.05, 0) is 30.3 Å². The molecule has 0 fully saturated rings. The molecule has 0 aliphatic heterocycles. The molecule has 19 heavy (non-hydrogen) atoms. The number of anilines is 1. The van der Waals surface area contributed by atoms with Crippen LogP contribution in [0.5, 0.6) is 5.75 Å². The van der Waals surface area contributed by atoms with Gasteiger partial charge in [-0.15, -0.1) is 0 Å². The molecule has 0 aromatic heterocycles. The average Bonchev–Trinajstić information content (AvgIpc) is 2.33. The third-order valence-electron chi connectivity index (χ3n) is 2.40. The van der Waals surface area contributed by atoms with Gasteiger partial charge in [0, 0.05) is 4.47 Å². The zero-order chi connectivity index (χ0) is 14.0. The topological polar surface area (TPSA) is 49.3 Å². The lowest BCUT2D eigenvalue weighted by molar-refractivity contribution is 0.102. The van der Waals surface area contributed by atoms with E-state index in [4.69, 9.17) is 11.6 Å². The number of carbonyl (C=O) groups excluding carboxylic acids is 1. The molecule has 0 saturated carbocycles. The Hall–Kier alpha value is -1.59. The predicted molar refractivity (Wildman–Crippen MR) is 75.2 cm³/mol. The number of nitrogens with one attached hydrogen (secondary N) is 1. The Balaban J connectivity index is 2.34. The van der Waals surface area contributed by atoms with Crippen molar-refractivity contribution in [2.24, 2.45) is 0 Å². The highest BCUT2D eigenvalue weighted by atomic mass is 79.9. The normalized spacial score (nSPS) is 10.3. The van der Waals surface area contributed by atoms with Crippen molar-refractivity contribution in [2.45, 2.75) is 0 Å². The molecule has 2 N–H and O–H groups in total. The second-order valence-electron chi connectivity index (χ2n) is 3.71. The molecule has 0 radical (unpaired) electrons. The maximum absolute atomic E-state index is 13.5. The second kappa shape index (κ2) is 5.59. The van der Waals surface area contributed by atoms with Crippen LogP contribution in [-0.2, 0) is 0 Å². The minimum Gasteiger partial charge on any atom is -0.507 e. The van der Waals surface area contributed by atoms with Crippen LogP contribution < -0.4 is 5.32 Å². The number of halogens is 3. The highest BCUT2D eigenvalue weighted by molar-refractivity contribution is 9.10. The molecule has 2 aromatic rings. The lowest BCUT2D eigenvalue weighted by Crippen LogP contribution is -2.14. The van der Waals surface area contributed by atoms with E-state index in [0.717, 1.165) is 6.07 Å². The Kier molecular flexibility index (Phi) is 4.07. The summed E-state index contributed by atoms with van der Waals surface area (Å²) in [6.07, 6.45) is 0. The minimum absolute atomic E-state index is 0.312. The van der Waals surface area contributed by atoms with E-state index in [9.17, 15) is 14.3 Å². The zero-order valence-corrected chi connectivity index (χ0v) is 11.8. The molecule has 0 bridgehead atoms. The Labute approximate surface area is 122 Å². The number of phenolic OH excluding ortho intramolecular Hbond substituents is 1. The van der Waals surface area contributed by atoms with Crippen molar-refractivity contribution >= 4 is 39.1 Å².